The van der Waals surface area contributed by atoms with E-state index in [9.17, 15) is 0 Å². The lowest BCUT2D eigenvalue weighted by Crippen LogP contribution is -2.10. The van der Waals surface area contributed by atoms with Crippen LogP contribution in [0.25, 0.3) is 98.7 Å². The van der Waals surface area contributed by atoms with Gasteiger partial charge in [-0.15, -0.1) is 0 Å². The van der Waals surface area contributed by atoms with E-state index in [4.69, 9.17) is 4.42 Å². The second-order valence-electron chi connectivity index (χ2n) is 15.3. The Morgan fingerprint density at radius 1 is 0.328 bits per heavy atom. The van der Waals surface area contributed by atoms with E-state index in [1.165, 1.54) is 59.9 Å². The van der Waals surface area contributed by atoms with Crippen LogP contribution in [0.1, 0.15) is 0 Å². The summed E-state index contributed by atoms with van der Waals surface area (Å²) in [7, 11) is 0. The highest BCUT2D eigenvalue weighted by molar-refractivity contribution is 6.23. The van der Waals surface area contributed by atoms with Crippen LogP contribution in [0.15, 0.2) is 205 Å². The van der Waals surface area contributed by atoms with Gasteiger partial charge in [0, 0.05) is 65.8 Å². The van der Waals surface area contributed by atoms with Crippen LogP contribution in [0.2, 0.25) is 0 Å². The predicted octanol–water partition coefficient (Wildman–Crippen LogP) is 15.0. The molecule has 0 bridgehead atoms. The van der Waals surface area contributed by atoms with Crippen LogP contribution in [-0.4, -0.2) is 8.97 Å². The standard InChI is InChI=1S/C54H33N3O/c1-5-16-48-40(10-1)41-11-2-6-17-49(41)56(48)38-27-25-37(26-28-38)55(36-23-20-34(21-24-36)35-22-30-45-44-13-4-8-19-52(44)58-53(45)32-35)39-29-31-43-47-15-9-14-46-42-12-3-7-18-50(42)57(54(46)47)51(43)33-39/h1-33H. The highest BCUT2D eigenvalue weighted by Crippen LogP contribution is 2.43. The van der Waals surface area contributed by atoms with Gasteiger partial charge in [0.2, 0.25) is 0 Å². The van der Waals surface area contributed by atoms with Crippen LogP contribution in [0.4, 0.5) is 17.1 Å². The maximum absolute atomic E-state index is 6.27. The number of aromatic nitrogens is 2. The normalized spacial score (nSPS) is 12.1. The Balaban J connectivity index is 0.979. The molecule has 0 amide bonds. The van der Waals surface area contributed by atoms with E-state index < -0.39 is 0 Å². The van der Waals surface area contributed by atoms with Gasteiger partial charge in [0.1, 0.15) is 11.2 Å². The minimum atomic E-state index is 0.901. The van der Waals surface area contributed by atoms with Crippen molar-refractivity contribution in [2.24, 2.45) is 0 Å². The van der Waals surface area contributed by atoms with Crippen LogP contribution in [0.3, 0.4) is 0 Å². The molecule has 0 N–H and O–H groups in total. The summed E-state index contributed by atoms with van der Waals surface area (Å²) in [6.45, 7) is 0. The Hall–Kier alpha value is -7.82. The van der Waals surface area contributed by atoms with Gasteiger partial charge in [-0.1, -0.05) is 115 Å². The van der Waals surface area contributed by atoms with Gasteiger partial charge in [-0.2, -0.15) is 0 Å². The number of furan rings is 1. The molecule has 58 heavy (non-hydrogen) atoms. The molecule has 4 heteroatoms. The number of para-hydroxylation sites is 5. The fraction of sp³-hybridized carbons (Fsp3) is 0. The number of anilines is 3. The number of fused-ring (bicyclic) bond motifs is 12. The molecule has 0 unspecified atom stereocenters. The van der Waals surface area contributed by atoms with Crippen molar-refractivity contribution in [1.29, 1.82) is 0 Å². The van der Waals surface area contributed by atoms with Crippen LogP contribution < -0.4 is 4.90 Å². The number of hydrogen-bond acceptors (Lipinski definition) is 2. The lowest BCUT2D eigenvalue weighted by atomic mass is 10.0. The van der Waals surface area contributed by atoms with Gasteiger partial charge >= 0.3 is 0 Å². The molecule has 270 valence electrons. The zero-order chi connectivity index (χ0) is 37.9. The van der Waals surface area contributed by atoms with Gasteiger partial charge in [-0.05, 0) is 96.1 Å². The molecule has 0 radical (unpaired) electrons. The Labute approximate surface area is 333 Å². The van der Waals surface area contributed by atoms with Crippen molar-refractivity contribution in [2.45, 2.75) is 0 Å². The summed E-state index contributed by atoms with van der Waals surface area (Å²) in [5.41, 5.74) is 14.6. The summed E-state index contributed by atoms with van der Waals surface area (Å²) in [5, 5.41) is 9.91. The zero-order valence-corrected chi connectivity index (χ0v) is 31.3. The molecule has 13 rings (SSSR count). The summed E-state index contributed by atoms with van der Waals surface area (Å²) in [4.78, 5) is 2.38. The fourth-order valence-corrected chi connectivity index (χ4v) is 9.67. The van der Waals surface area contributed by atoms with E-state index in [1.54, 1.807) is 0 Å². The van der Waals surface area contributed by atoms with Crippen LogP contribution in [0.5, 0.6) is 0 Å². The third-order valence-corrected chi connectivity index (χ3v) is 12.2. The highest BCUT2D eigenvalue weighted by Gasteiger charge is 2.21. The average Bonchev–Trinajstić information content (AvgIpc) is 4.03. The van der Waals surface area contributed by atoms with Crippen LogP contribution >= 0.6 is 0 Å². The van der Waals surface area contributed by atoms with E-state index in [0.29, 0.717) is 0 Å². The molecule has 0 saturated carbocycles. The maximum atomic E-state index is 6.27. The third kappa shape index (κ3) is 4.40. The second-order valence-corrected chi connectivity index (χ2v) is 15.3. The quantitative estimate of drug-likeness (QED) is 0.176. The molecule has 0 saturated heterocycles. The molecular formula is C54H33N3O. The number of rotatable bonds is 5. The molecule has 0 aliphatic rings. The molecular weight excluding hydrogens is 707 g/mol. The van der Waals surface area contributed by atoms with Gasteiger partial charge in [0.25, 0.3) is 0 Å². The molecule has 0 aliphatic heterocycles. The fourth-order valence-electron chi connectivity index (χ4n) is 9.67. The largest absolute Gasteiger partial charge is 0.456 e. The van der Waals surface area contributed by atoms with E-state index >= 15 is 0 Å². The molecule has 9 aromatic carbocycles. The lowest BCUT2D eigenvalue weighted by molar-refractivity contribution is 0.669. The van der Waals surface area contributed by atoms with Gasteiger partial charge in [0.15, 0.2) is 0 Å². The second kappa shape index (κ2) is 11.8. The predicted molar refractivity (Wildman–Crippen MR) is 243 cm³/mol. The molecule has 0 atom stereocenters. The first-order valence-electron chi connectivity index (χ1n) is 19.8. The minimum Gasteiger partial charge on any atom is -0.456 e. The first-order chi connectivity index (χ1) is 28.8. The first kappa shape index (κ1) is 31.4. The monoisotopic (exact) mass is 739 g/mol. The van der Waals surface area contributed by atoms with E-state index in [-0.39, 0.29) is 0 Å². The summed E-state index contributed by atoms with van der Waals surface area (Å²) < 4.78 is 11.1. The molecule has 0 spiro atoms. The number of hydrogen-bond donors (Lipinski definition) is 0. The lowest BCUT2D eigenvalue weighted by Gasteiger charge is -2.26. The van der Waals surface area contributed by atoms with Gasteiger partial charge in [-0.3, -0.25) is 0 Å². The number of nitrogens with zero attached hydrogens (tertiary/aromatic N) is 3. The molecule has 4 nitrogen and oxygen atoms in total. The molecule has 4 aromatic heterocycles. The molecule has 13 aromatic rings. The summed E-state index contributed by atoms with van der Waals surface area (Å²) in [6, 6.07) is 72.5. The van der Waals surface area contributed by atoms with Gasteiger partial charge in [-0.25, -0.2) is 0 Å². The summed E-state index contributed by atoms with van der Waals surface area (Å²) >= 11 is 0. The van der Waals surface area contributed by atoms with E-state index in [1.807, 2.05) is 12.1 Å². The highest BCUT2D eigenvalue weighted by atomic mass is 16.3. The van der Waals surface area contributed by atoms with E-state index in [0.717, 1.165) is 55.8 Å². The summed E-state index contributed by atoms with van der Waals surface area (Å²) in [6.07, 6.45) is 0. The number of benzene rings is 9. The molecule has 0 aliphatic carbocycles. The average molecular weight is 740 g/mol. The van der Waals surface area contributed by atoms with Crippen molar-refractivity contribution in [1.82, 2.24) is 8.97 Å². The van der Waals surface area contributed by atoms with Crippen molar-refractivity contribution in [3.05, 3.63) is 200 Å². The van der Waals surface area contributed by atoms with Crippen molar-refractivity contribution in [3.8, 4) is 16.8 Å². The SMILES string of the molecule is c1ccc2c(c1)oc1cc(-c3ccc(N(c4ccc(-n5c6ccccc6c6ccccc65)cc4)c4ccc5c6cccc7c8ccccc8n(c5c4)c76)cc3)ccc12. The van der Waals surface area contributed by atoms with Crippen LogP contribution in [0, 0.1) is 0 Å². The van der Waals surface area contributed by atoms with Crippen molar-refractivity contribution in [3.63, 3.8) is 0 Å². The Morgan fingerprint density at radius 3 is 1.53 bits per heavy atom. The van der Waals surface area contributed by atoms with Gasteiger partial charge < -0.3 is 18.3 Å². The first-order valence-corrected chi connectivity index (χ1v) is 19.8. The maximum Gasteiger partial charge on any atom is 0.136 e. The minimum absolute atomic E-state index is 0.901. The summed E-state index contributed by atoms with van der Waals surface area (Å²) in [5.74, 6) is 0. The van der Waals surface area contributed by atoms with Crippen molar-refractivity contribution >= 4 is 98.9 Å². The smallest absolute Gasteiger partial charge is 0.136 e. The topological polar surface area (TPSA) is 25.7 Å². The Morgan fingerprint density at radius 2 is 0.828 bits per heavy atom. The van der Waals surface area contributed by atoms with Crippen molar-refractivity contribution in [2.75, 3.05) is 4.90 Å². The van der Waals surface area contributed by atoms with E-state index in [2.05, 4.69) is 202 Å². The molecule has 0 fully saturated rings. The zero-order valence-electron chi connectivity index (χ0n) is 31.3. The van der Waals surface area contributed by atoms with Crippen molar-refractivity contribution < 1.29 is 4.42 Å². The van der Waals surface area contributed by atoms with Crippen LogP contribution in [-0.2, 0) is 0 Å². The third-order valence-electron chi connectivity index (χ3n) is 12.2. The molecule has 4 heterocycles. The van der Waals surface area contributed by atoms with Gasteiger partial charge in [0.05, 0.1) is 27.6 Å². The Kier molecular flexibility index (Phi) is 6.41. The Bertz CT molecular complexity index is 3680.